The minimum absolute atomic E-state index is 0.919. The highest BCUT2D eigenvalue weighted by Gasteiger charge is 2.49. The monoisotopic (exact) mass is 180 g/mol. The molecule has 2 rings (SSSR count). The Hall–Kier alpha value is 0. The maximum atomic E-state index is 2.43. The highest BCUT2D eigenvalue weighted by Crippen LogP contribution is 2.56. The Morgan fingerprint density at radius 3 is 1.46 bits per heavy atom. The zero-order valence-corrected chi connectivity index (χ0v) is 9.59. The molecule has 0 amide bonds. The Morgan fingerprint density at radius 1 is 0.769 bits per heavy atom. The van der Waals surface area contributed by atoms with E-state index >= 15 is 0 Å². The molecular formula is C13H24. The second kappa shape index (κ2) is 3.29. The molecule has 0 aromatic heterocycles. The van der Waals surface area contributed by atoms with Crippen LogP contribution in [0.5, 0.6) is 0 Å². The van der Waals surface area contributed by atoms with Crippen molar-refractivity contribution in [1.29, 1.82) is 0 Å². The second-order valence-corrected chi connectivity index (χ2v) is 5.98. The zero-order valence-electron chi connectivity index (χ0n) is 9.59. The topological polar surface area (TPSA) is 0 Å². The van der Waals surface area contributed by atoms with Gasteiger partial charge in [0.2, 0.25) is 0 Å². The van der Waals surface area contributed by atoms with Gasteiger partial charge >= 0.3 is 0 Å². The van der Waals surface area contributed by atoms with Gasteiger partial charge in [-0.1, -0.05) is 27.7 Å². The summed E-state index contributed by atoms with van der Waals surface area (Å²) in [5, 5.41) is 0. The van der Waals surface area contributed by atoms with Crippen molar-refractivity contribution in [1.82, 2.24) is 0 Å². The average molecular weight is 180 g/mol. The third kappa shape index (κ3) is 1.43. The van der Waals surface area contributed by atoms with E-state index in [2.05, 4.69) is 27.7 Å². The van der Waals surface area contributed by atoms with Crippen molar-refractivity contribution in [3.8, 4) is 0 Å². The largest absolute Gasteiger partial charge is 0.0625 e. The predicted molar refractivity (Wildman–Crippen MR) is 57.5 cm³/mol. The van der Waals surface area contributed by atoms with Crippen molar-refractivity contribution >= 4 is 0 Å². The molecule has 0 nitrogen and oxygen atoms in total. The molecule has 13 heavy (non-hydrogen) atoms. The first-order chi connectivity index (χ1) is 6.11. The summed E-state index contributed by atoms with van der Waals surface area (Å²) in [5.74, 6) is 6.14. The van der Waals surface area contributed by atoms with Gasteiger partial charge in [0, 0.05) is 0 Å². The summed E-state index contributed by atoms with van der Waals surface area (Å²) in [5.41, 5.74) is 0. The molecule has 2 aliphatic carbocycles. The number of hydrogen-bond acceptors (Lipinski definition) is 0. The molecule has 0 spiro atoms. The minimum Gasteiger partial charge on any atom is -0.0625 e. The van der Waals surface area contributed by atoms with E-state index in [0.29, 0.717) is 0 Å². The third-order valence-corrected chi connectivity index (χ3v) is 4.59. The molecule has 4 unspecified atom stereocenters. The zero-order chi connectivity index (χ0) is 9.59. The summed E-state index contributed by atoms with van der Waals surface area (Å²) in [6.45, 7) is 9.73. The fraction of sp³-hybridized carbons (Fsp3) is 1.00. The lowest BCUT2D eigenvalue weighted by Gasteiger charge is -2.36. The van der Waals surface area contributed by atoms with Crippen LogP contribution in [0.15, 0.2) is 0 Å². The van der Waals surface area contributed by atoms with E-state index in [4.69, 9.17) is 0 Å². The molecule has 2 bridgehead atoms. The Morgan fingerprint density at radius 2 is 1.15 bits per heavy atom. The van der Waals surface area contributed by atoms with Crippen LogP contribution in [0.1, 0.15) is 47.0 Å². The normalized spacial score (nSPS) is 43.8. The van der Waals surface area contributed by atoms with Crippen LogP contribution in [0, 0.1) is 35.5 Å². The highest BCUT2D eigenvalue weighted by atomic mass is 14.5. The standard InChI is InChI=1S/C13H24/c1-8(2)12-10-5-6-11(7-10)13(12)9(3)4/h8-13H,5-7H2,1-4H3. The van der Waals surface area contributed by atoms with E-state index in [0.717, 1.165) is 35.5 Å². The fourth-order valence-corrected chi connectivity index (χ4v) is 4.36. The van der Waals surface area contributed by atoms with Crippen molar-refractivity contribution in [3.05, 3.63) is 0 Å². The molecular weight excluding hydrogens is 156 g/mol. The van der Waals surface area contributed by atoms with Gasteiger partial charge in [-0.3, -0.25) is 0 Å². The molecule has 2 fully saturated rings. The SMILES string of the molecule is CC(C)C1C2CCC(C2)C1C(C)C. The molecule has 0 heterocycles. The van der Waals surface area contributed by atoms with Crippen molar-refractivity contribution in [2.24, 2.45) is 35.5 Å². The first kappa shape index (κ1) is 9.55. The van der Waals surface area contributed by atoms with Crippen LogP contribution in [0.4, 0.5) is 0 Å². The summed E-state index contributed by atoms with van der Waals surface area (Å²) < 4.78 is 0. The minimum atomic E-state index is 0.919. The highest BCUT2D eigenvalue weighted by molar-refractivity contribution is 4.98. The number of hydrogen-bond donors (Lipinski definition) is 0. The lowest BCUT2D eigenvalue weighted by Crippen LogP contribution is -2.30. The fourth-order valence-electron chi connectivity index (χ4n) is 4.36. The van der Waals surface area contributed by atoms with Gasteiger partial charge < -0.3 is 0 Å². The lowest BCUT2D eigenvalue weighted by molar-refractivity contribution is 0.124. The van der Waals surface area contributed by atoms with Crippen molar-refractivity contribution < 1.29 is 0 Å². The Bertz CT molecular complexity index is 160. The van der Waals surface area contributed by atoms with Gasteiger partial charge in [-0.25, -0.2) is 0 Å². The Kier molecular flexibility index (Phi) is 2.42. The number of rotatable bonds is 2. The Balaban J connectivity index is 2.15. The molecule has 0 saturated heterocycles. The molecule has 2 saturated carbocycles. The second-order valence-electron chi connectivity index (χ2n) is 5.98. The summed E-state index contributed by atoms with van der Waals surface area (Å²) in [7, 11) is 0. The maximum absolute atomic E-state index is 2.43. The third-order valence-electron chi connectivity index (χ3n) is 4.59. The smallest absolute Gasteiger partial charge is 0.0329 e. The molecule has 0 aromatic carbocycles. The van der Waals surface area contributed by atoms with Crippen molar-refractivity contribution in [2.75, 3.05) is 0 Å². The van der Waals surface area contributed by atoms with Crippen LogP contribution in [0.3, 0.4) is 0 Å². The number of fused-ring (bicyclic) bond motifs is 2. The van der Waals surface area contributed by atoms with E-state index in [1.54, 1.807) is 6.42 Å². The molecule has 0 heteroatoms. The molecule has 0 aromatic rings. The maximum Gasteiger partial charge on any atom is -0.0329 e. The van der Waals surface area contributed by atoms with Crippen molar-refractivity contribution in [3.63, 3.8) is 0 Å². The molecule has 76 valence electrons. The van der Waals surface area contributed by atoms with E-state index in [-0.39, 0.29) is 0 Å². The predicted octanol–water partition coefficient (Wildman–Crippen LogP) is 3.96. The van der Waals surface area contributed by atoms with Gasteiger partial charge in [-0.15, -0.1) is 0 Å². The van der Waals surface area contributed by atoms with Crippen LogP contribution in [0.25, 0.3) is 0 Å². The van der Waals surface area contributed by atoms with E-state index in [9.17, 15) is 0 Å². The molecule has 0 radical (unpaired) electrons. The lowest BCUT2D eigenvalue weighted by atomic mass is 9.69. The van der Waals surface area contributed by atoms with Gasteiger partial charge in [0.25, 0.3) is 0 Å². The van der Waals surface area contributed by atoms with Gasteiger partial charge in [0.05, 0.1) is 0 Å². The van der Waals surface area contributed by atoms with Gasteiger partial charge in [-0.05, 0) is 54.8 Å². The molecule has 0 aliphatic heterocycles. The summed E-state index contributed by atoms with van der Waals surface area (Å²) in [6.07, 6.45) is 4.64. The van der Waals surface area contributed by atoms with Crippen LogP contribution in [-0.2, 0) is 0 Å². The van der Waals surface area contributed by atoms with E-state index in [1.165, 1.54) is 12.8 Å². The van der Waals surface area contributed by atoms with Gasteiger partial charge in [-0.2, -0.15) is 0 Å². The van der Waals surface area contributed by atoms with Crippen LogP contribution < -0.4 is 0 Å². The van der Waals surface area contributed by atoms with E-state index in [1.807, 2.05) is 0 Å². The summed E-state index contributed by atoms with van der Waals surface area (Å²) in [4.78, 5) is 0. The van der Waals surface area contributed by atoms with Crippen molar-refractivity contribution in [2.45, 2.75) is 47.0 Å². The van der Waals surface area contributed by atoms with Gasteiger partial charge in [0.15, 0.2) is 0 Å². The average Bonchev–Trinajstić information content (AvgIpc) is 2.60. The summed E-state index contributed by atoms with van der Waals surface area (Å²) >= 11 is 0. The van der Waals surface area contributed by atoms with Crippen LogP contribution in [-0.4, -0.2) is 0 Å². The van der Waals surface area contributed by atoms with E-state index < -0.39 is 0 Å². The van der Waals surface area contributed by atoms with Crippen LogP contribution in [0.2, 0.25) is 0 Å². The molecule has 4 atom stereocenters. The van der Waals surface area contributed by atoms with Crippen LogP contribution >= 0.6 is 0 Å². The first-order valence-corrected chi connectivity index (χ1v) is 6.11. The quantitative estimate of drug-likeness (QED) is 0.603. The Labute approximate surface area is 83.1 Å². The molecule has 2 aliphatic rings. The molecule has 0 N–H and O–H groups in total. The van der Waals surface area contributed by atoms with Gasteiger partial charge in [0.1, 0.15) is 0 Å². The first-order valence-electron chi connectivity index (χ1n) is 6.11. The summed E-state index contributed by atoms with van der Waals surface area (Å²) in [6, 6.07) is 0.